The number of carbonyl (C=O) groups excluding carboxylic acids is 2. The molecule has 0 fully saturated rings. The van der Waals surface area contributed by atoms with Crippen molar-refractivity contribution in [3.8, 4) is 0 Å². The second-order valence-electron chi connectivity index (χ2n) is 4.41. The second kappa shape index (κ2) is 6.08. The number of H-pyrrole nitrogens is 1. The van der Waals surface area contributed by atoms with Gasteiger partial charge in [0.05, 0.1) is 6.42 Å². The fourth-order valence-electron chi connectivity index (χ4n) is 1.73. The number of hydrogen-bond donors (Lipinski definition) is 2. The minimum atomic E-state index is -1.65. The lowest BCUT2D eigenvalue weighted by Gasteiger charge is -1.97. The van der Waals surface area contributed by atoms with Gasteiger partial charge in [0.1, 0.15) is 11.5 Å². The lowest BCUT2D eigenvalue weighted by Crippen LogP contribution is -2.17. The number of rotatable bonds is 6. The molecule has 108 valence electrons. The number of ketones is 2. The number of hydrogen-bond acceptors (Lipinski definition) is 4. The third-order valence-corrected chi connectivity index (χ3v) is 2.78. The minimum Gasteiger partial charge on any atom is -0.475 e. The number of Topliss-reactive ketones (excluding diaryl/α,β-unsaturated/α-hetero) is 2. The summed E-state index contributed by atoms with van der Waals surface area (Å²) in [6, 6.07) is 7.30. The molecule has 2 N–H and O–H groups in total. The van der Waals surface area contributed by atoms with E-state index in [1.165, 1.54) is 18.2 Å². The van der Waals surface area contributed by atoms with Crippen LogP contribution in [0.5, 0.6) is 0 Å². The Bertz CT molecular complexity index is 691. The quantitative estimate of drug-likeness (QED) is 0.475. The summed E-state index contributed by atoms with van der Waals surface area (Å²) in [6.45, 7) is 0. The van der Waals surface area contributed by atoms with Crippen molar-refractivity contribution in [2.75, 3.05) is 0 Å². The van der Waals surface area contributed by atoms with E-state index in [-0.39, 0.29) is 11.5 Å². The average Bonchev–Trinajstić information content (AvgIpc) is 2.90. The van der Waals surface area contributed by atoms with E-state index in [0.717, 1.165) is 5.56 Å². The predicted octanol–water partition coefficient (Wildman–Crippen LogP) is 1.37. The molecule has 1 aromatic heterocycles. The van der Waals surface area contributed by atoms with Crippen LogP contribution in [-0.2, 0) is 16.0 Å². The van der Waals surface area contributed by atoms with E-state index >= 15 is 0 Å². The molecule has 1 heterocycles. The number of carboxylic acids is 1. The van der Waals surface area contributed by atoms with Gasteiger partial charge < -0.3 is 5.11 Å². The molecule has 0 aliphatic rings. The Hall–Kier alpha value is -2.83. The van der Waals surface area contributed by atoms with Crippen LogP contribution >= 0.6 is 0 Å². The number of aliphatic carboxylic acids is 1. The maximum Gasteiger partial charge on any atom is 0.372 e. The van der Waals surface area contributed by atoms with E-state index in [4.69, 9.17) is 5.11 Å². The smallest absolute Gasteiger partial charge is 0.372 e. The first-order valence-corrected chi connectivity index (χ1v) is 6.04. The van der Waals surface area contributed by atoms with Crippen molar-refractivity contribution in [2.45, 2.75) is 12.8 Å². The predicted molar refractivity (Wildman–Crippen MR) is 69.4 cm³/mol. The maximum absolute atomic E-state index is 12.8. The standard InChI is InChI=1S/C14H11FN2O4/c15-9-3-1-8(2-4-9)5-10-6-11(17-16-10)12(18)7-13(19)14(20)21/h1-4,6H,5,7H2,(H,16,17)(H,20,21). The Kier molecular flexibility index (Phi) is 4.22. The third kappa shape index (κ3) is 3.82. The molecule has 1 aromatic carbocycles. The van der Waals surface area contributed by atoms with Crippen LogP contribution in [0.15, 0.2) is 30.3 Å². The number of benzene rings is 1. The Balaban J connectivity index is 2.04. The zero-order chi connectivity index (χ0) is 15.4. The van der Waals surface area contributed by atoms with Crippen LogP contribution in [0.1, 0.15) is 28.2 Å². The third-order valence-electron chi connectivity index (χ3n) is 2.78. The summed E-state index contributed by atoms with van der Waals surface area (Å²) in [7, 11) is 0. The lowest BCUT2D eigenvalue weighted by atomic mass is 10.1. The van der Waals surface area contributed by atoms with Gasteiger partial charge in [-0.1, -0.05) is 12.1 Å². The number of aromatic amines is 1. The van der Waals surface area contributed by atoms with Crippen molar-refractivity contribution in [3.63, 3.8) is 0 Å². The Morgan fingerprint density at radius 1 is 1.19 bits per heavy atom. The number of carbonyl (C=O) groups is 3. The Morgan fingerprint density at radius 2 is 1.86 bits per heavy atom. The van der Waals surface area contributed by atoms with Crippen LogP contribution in [0.25, 0.3) is 0 Å². The van der Waals surface area contributed by atoms with Crippen LogP contribution in [0, 0.1) is 5.82 Å². The minimum absolute atomic E-state index is 0.00158. The maximum atomic E-state index is 12.8. The second-order valence-corrected chi connectivity index (χ2v) is 4.41. The number of nitrogens with zero attached hydrogens (tertiary/aromatic N) is 1. The van der Waals surface area contributed by atoms with Crippen LogP contribution < -0.4 is 0 Å². The van der Waals surface area contributed by atoms with Gasteiger partial charge in [0.25, 0.3) is 0 Å². The normalized spacial score (nSPS) is 10.3. The molecular weight excluding hydrogens is 279 g/mol. The summed E-state index contributed by atoms with van der Waals surface area (Å²) >= 11 is 0. The van der Waals surface area contributed by atoms with E-state index in [2.05, 4.69) is 10.2 Å². The molecule has 0 saturated heterocycles. The summed E-state index contributed by atoms with van der Waals surface area (Å²) in [4.78, 5) is 33.0. The first kappa shape index (κ1) is 14.6. The highest BCUT2D eigenvalue weighted by molar-refractivity contribution is 6.37. The first-order valence-electron chi connectivity index (χ1n) is 6.04. The fraction of sp³-hybridized carbons (Fsp3) is 0.143. The highest BCUT2D eigenvalue weighted by atomic mass is 19.1. The number of halogens is 1. The van der Waals surface area contributed by atoms with Crippen LogP contribution in [0.4, 0.5) is 4.39 Å². The summed E-state index contributed by atoms with van der Waals surface area (Å²) in [5, 5.41) is 14.8. The van der Waals surface area contributed by atoms with Gasteiger partial charge in [-0.2, -0.15) is 5.10 Å². The van der Waals surface area contributed by atoms with Crippen molar-refractivity contribution >= 4 is 17.5 Å². The van der Waals surface area contributed by atoms with Gasteiger partial charge in [-0.05, 0) is 23.8 Å². The summed E-state index contributed by atoms with van der Waals surface area (Å²) in [5.41, 5.74) is 1.43. The average molecular weight is 290 g/mol. The molecule has 0 bridgehead atoms. The highest BCUT2D eigenvalue weighted by Gasteiger charge is 2.19. The monoisotopic (exact) mass is 290 g/mol. The first-order chi connectivity index (χ1) is 9.95. The van der Waals surface area contributed by atoms with Gasteiger partial charge in [-0.3, -0.25) is 14.7 Å². The molecular formula is C14H11FN2O4. The highest BCUT2D eigenvalue weighted by Crippen LogP contribution is 2.10. The molecule has 0 radical (unpaired) electrons. The summed E-state index contributed by atoms with van der Waals surface area (Å²) in [6.07, 6.45) is -0.316. The van der Waals surface area contributed by atoms with Crippen LogP contribution in [-0.4, -0.2) is 32.8 Å². The van der Waals surface area contributed by atoms with Crippen molar-refractivity contribution in [1.29, 1.82) is 0 Å². The van der Waals surface area contributed by atoms with Crippen LogP contribution in [0.2, 0.25) is 0 Å². The van der Waals surface area contributed by atoms with E-state index in [1.54, 1.807) is 12.1 Å². The van der Waals surface area contributed by atoms with E-state index in [0.29, 0.717) is 12.1 Å². The Labute approximate surface area is 118 Å². The SMILES string of the molecule is O=C(O)C(=O)CC(=O)c1cc(Cc2ccc(F)cc2)[nH]n1. The molecule has 6 nitrogen and oxygen atoms in total. The lowest BCUT2D eigenvalue weighted by molar-refractivity contribution is -0.148. The van der Waals surface area contributed by atoms with Crippen LogP contribution in [0.3, 0.4) is 0 Å². The van der Waals surface area contributed by atoms with Gasteiger partial charge in [0.15, 0.2) is 5.78 Å². The number of nitrogens with one attached hydrogen (secondary N) is 1. The number of aromatic nitrogens is 2. The van der Waals surface area contributed by atoms with E-state index < -0.39 is 24.0 Å². The van der Waals surface area contributed by atoms with Crippen molar-refractivity contribution < 1.29 is 23.9 Å². The van der Waals surface area contributed by atoms with Crippen molar-refractivity contribution in [2.24, 2.45) is 0 Å². The zero-order valence-corrected chi connectivity index (χ0v) is 10.8. The molecule has 0 aliphatic carbocycles. The molecule has 0 aliphatic heterocycles. The zero-order valence-electron chi connectivity index (χ0n) is 10.8. The van der Waals surface area contributed by atoms with E-state index in [9.17, 15) is 18.8 Å². The topological polar surface area (TPSA) is 100 Å². The fourth-order valence-corrected chi connectivity index (χ4v) is 1.73. The molecule has 21 heavy (non-hydrogen) atoms. The molecule has 7 heteroatoms. The van der Waals surface area contributed by atoms with Gasteiger partial charge in [-0.15, -0.1) is 0 Å². The van der Waals surface area contributed by atoms with Gasteiger partial charge in [-0.25, -0.2) is 9.18 Å². The molecule has 0 atom stereocenters. The largest absolute Gasteiger partial charge is 0.475 e. The van der Waals surface area contributed by atoms with Gasteiger partial charge in [0, 0.05) is 12.1 Å². The molecule has 0 unspecified atom stereocenters. The molecule has 0 saturated carbocycles. The molecule has 2 aromatic rings. The number of carboxylic acid groups (broad SMARTS) is 1. The van der Waals surface area contributed by atoms with Gasteiger partial charge >= 0.3 is 5.97 Å². The van der Waals surface area contributed by atoms with Crippen molar-refractivity contribution in [3.05, 3.63) is 53.1 Å². The molecule has 2 rings (SSSR count). The van der Waals surface area contributed by atoms with E-state index in [1.807, 2.05) is 0 Å². The van der Waals surface area contributed by atoms with Gasteiger partial charge in [0.2, 0.25) is 5.78 Å². The molecule has 0 spiro atoms. The summed E-state index contributed by atoms with van der Waals surface area (Å²) in [5.74, 6) is -3.83. The Morgan fingerprint density at radius 3 is 2.48 bits per heavy atom. The molecule has 0 amide bonds. The summed E-state index contributed by atoms with van der Waals surface area (Å²) < 4.78 is 12.8. The van der Waals surface area contributed by atoms with Crippen molar-refractivity contribution in [1.82, 2.24) is 10.2 Å².